The Kier molecular flexibility index (Phi) is 8.25. The Hall–Kier alpha value is -5.49. The van der Waals surface area contributed by atoms with Crippen molar-refractivity contribution in [2.45, 2.75) is 19.4 Å². The highest BCUT2D eigenvalue weighted by Crippen LogP contribution is 2.45. The number of carbonyl (C=O) groups is 1. The maximum atomic E-state index is 13.3. The van der Waals surface area contributed by atoms with Crippen LogP contribution in [0.3, 0.4) is 0 Å². The number of hydrogen-bond acceptors (Lipinski definition) is 8. The molecule has 0 spiro atoms. The van der Waals surface area contributed by atoms with Crippen LogP contribution in [0.25, 0.3) is 0 Å². The quantitative estimate of drug-likeness (QED) is 0.187. The lowest BCUT2D eigenvalue weighted by Crippen LogP contribution is -2.21. The van der Waals surface area contributed by atoms with Crippen molar-refractivity contribution >= 4 is 5.97 Å². The van der Waals surface area contributed by atoms with Crippen molar-refractivity contribution in [3.63, 3.8) is 0 Å². The molecule has 8 nitrogen and oxygen atoms in total. The van der Waals surface area contributed by atoms with Gasteiger partial charge in [-0.25, -0.2) is 9.18 Å². The lowest BCUT2D eigenvalue weighted by atomic mass is 9.83. The van der Waals surface area contributed by atoms with E-state index in [-0.39, 0.29) is 29.6 Å². The summed E-state index contributed by atoms with van der Waals surface area (Å²) in [6, 6.07) is 25.2. The average molecular weight is 567 g/mol. The number of carbonyl (C=O) groups excluding carboxylic acids is 1. The van der Waals surface area contributed by atoms with Crippen molar-refractivity contribution in [1.82, 2.24) is 0 Å². The van der Waals surface area contributed by atoms with Crippen molar-refractivity contribution in [3.8, 4) is 34.8 Å². The summed E-state index contributed by atoms with van der Waals surface area (Å²) >= 11 is 0. The van der Waals surface area contributed by atoms with Crippen LogP contribution in [0.15, 0.2) is 96.4 Å². The molecule has 212 valence electrons. The summed E-state index contributed by atoms with van der Waals surface area (Å²) in [7, 11) is 1.51. The van der Waals surface area contributed by atoms with E-state index >= 15 is 0 Å². The molecule has 0 amide bonds. The SMILES string of the molecule is CCOc1cc(C2C(C#N)=C(N)Oc3cc(OC(=O)c4cccc(OC)c4)ccc32)ccc1OCc1ccc(F)cc1. The molecule has 0 aliphatic carbocycles. The summed E-state index contributed by atoms with van der Waals surface area (Å²) in [5.41, 5.74) is 8.91. The highest BCUT2D eigenvalue weighted by Gasteiger charge is 2.32. The number of nitrogens with zero attached hydrogens (tertiary/aromatic N) is 1. The third-order valence-electron chi connectivity index (χ3n) is 6.62. The number of hydrogen-bond donors (Lipinski definition) is 1. The van der Waals surface area contributed by atoms with E-state index in [2.05, 4.69) is 6.07 Å². The van der Waals surface area contributed by atoms with Gasteiger partial charge in [-0.1, -0.05) is 30.3 Å². The summed E-state index contributed by atoms with van der Waals surface area (Å²) in [6.07, 6.45) is 0. The number of ether oxygens (including phenoxy) is 5. The zero-order valence-corrected chi connectivity index (χ0v) is 22.9. The zero-order chi connectivity index (χ0) is 29.6. The van der Waals surface area contributed by atoms with Gasteiger partial charge in [0.2, 0.25) is 5.88 Å². The van der Waals surface area contributed by atoms with E-state index in [4.69, 9.17) is 29.4 Å². The molecule has 1 aliphatic heterocycles. The summed E-state index contributed by atoms with van der Waals surface area (Å²) in [5.74, 6) is 0.569. The summed E-state index contributed by atoms with van der Waals surface area (Å²) in [4.78, 5) is 12.8. The fourth-order valence-corrected chi connectivity index (χ4v) is 4.59. The first kappa shape index (κ1) is 28.1. The van der Waals surface area contributed by atoms with Crippen LogP contribution in [-0.4, -0.2) is 19.7 Å². The van der Waals surface area contributed by atoms with Crippen LogP contribution in [0.2, 0.25) is 0 Å². The molecule has 0 aromatic heterocycles. The minimum absolute atomic E-state index is 0.0548. The first-order valence-corrected chi connectivity index (χ1v) is 13.1. The monoisotopic (exact) mass is 566 g/mol. The zero-order valence-electron chi connectivity index (χ0n) is 22.9. The lowest BCUT2D eigenvalue weighted by molar-refractivity contribution is 0.0734. The van der Waals surface area contributed by atoms with E-state index < -0.39 is 11.9 Å². The number of methoxy groups -OCH3 is 1. The molecule has 0 saturated heterocycles. The molecule has 0 radical (unpaired) electrons. The van der Waals surface area contributed by atoms with Gasteiger partial charge < -0.3 is 29.4 Å². The normalized spacial score (nSPS) is 13.8. The van der Waals surface area contributed by atoms with Crippen LogP contribution < -0.4 is 29.4 Å². The second-order valence-electron chi connectivity index (χ2n) is 9.30. The van der Waals surface area contributed by atoms with Gasteiger partial charge in [0.1, 0.15) is 41.3 Å². The smallest absolute Gasteiger partial charge is 0.343 e. The van der Waals surface area contributed by atoms with Crippen molar-refractivity contribution < 1.29 is 32.9 Å². The van der Waals surface area contributed by atoms with Crippen LogP contribution in [0.5, 0.6) is 28.7 Å². The van der Waals surface area contributed by atoms with E-state index in [0.29, 0.717) is 40.7 Å². The molecule has 9 heteroatoms. The van der Waals surface area contributed by atoms with Gasteiger partial charge in [0.05, 0.1) is 25.2 Å². The van der Waals surface area contributed by atoms with Gasteiger partial charge in [-0.05, 0) is 66.6 Å². The predicted octanol–water partition coefficient (Wildman–Crippen LogP) is 6.25. The van der Waals surface area contributed by atoms with Crippen LogP contribution >= 0.6 is 0 Å². The largest absolute Gasteiger partial charge is 0.497 e. The lowest BCUT2D eigenvalue weighted by Gasteiger charge is -2.27. The van der Waals surface area contributed by atoms with Crippen LogP contribution in [0, 0.1) is 17.1 Å². The third kappa shape index (κ3) is 5.98. The summed E-state index contributed by atoms with van der Waals surface area (Å²) in [6.45, 7) is 2.45. The van der Waals surface area contributed by atoms with Gasteiger partial charge >= 0.3 is 5.97 Å². The van der Waals surface area contributed by atoms with E-state index in [9.17, 15) is 14.4 Å². The number of esters is 1. The van der Waals surface area contributed by atoms with Crippen LogP contribution in [0.1, 0.15) is 39.9 Å². The third-order valence-corrected chi connectivity index (χ3v) is 6.62. The minimum Gasteiger partial charge on any atom is -0.497 e. The molecule has 4 aromatic carbocycles. The Bertz CT molecular complexity index is 1690. The molecule has 0 bridgehead atoms. The Morgan fingerprint density at radius 3 is 2.52 bits per heavy atom. The first-order valence-electron chi connectivity index (χ1n) is 13.1. The van der Waals surface area contributed by atoms with E-state index in [1.165, 1.54) is 19.2 Å². The van der Waals surface area contributed by atoms with Crippen LogP contribution in [-0.2, 0) is 6.61 Å². The van der Waals surface area contributed by atoms with Crippen molar-refractivity contribution in [2.75, 3.05) is 13.7 Å². The predicted molar refractivity (Wildman–Crippen MR) is 152 cm³/mol. The topological polar surface area (TPSA) is 113 Å². The molecule has 1 unspecified atom stereocenters. The standard InChI is InChI=1S/C33H27FN2O6/c1-3-39-30-16-21(9-14-28(30)40-19-20-7-10-23(34)11-8-20)31-26-13-12-25(17-29(26)42-32(36)27(31)18-35)41-33(37)22-5-4-6-24(15-22)38-2/h4-17,31H,3,19,36H2,1-2H3. The number of allylic oxidation sites excluding steroid dienone is 1. The maximum absolute atomic E-state index is 13.3. The van der Waals surface area contributed by atoms with Gasteiger partial charge in [-0.3, -0.25) is 0 Å². The van der Waals surface area contributed by atoms with Crippen molar-refractivity contribution in [1.29, 1.82) is 5.26 Å². The summed E-state index contributed by atoms with van der Waals surface area (Å²) in [5, 5.41) is 9.99. The number of nitrogens with two attached hydrogens (primary N) is 1. The van der Waals surface area contributed by atoms with Crippen molar-refractivity contribution in [3.05, 3.63) is 124 Å². The molecule has 42 heavy (non-hydrogen) atoms. The van der Waals surface area contributed by atoms with Crippen LogP contribution in [0.4, 0.5) is 4.39 Å². The number of rotatable bonds is 9. The summed E-state index contributed by atoms with van der Waals surface area (Å²) < 4.78 is 41.7. The second kappa shape index (κ2) is 12.4. The molecule has 5 rings (SSSR count). The molecular weight excluding hydrogens is 539 g/mol. The maximum Gasteiger partial charge on any atom is 0.343 e. The number of halogens is 1. The van der Waals surface area contributed by atoms with Gasteiger partial charge in [0, 0.05) is 11.6 Å². The van der Waals surface area contributed by atoms with E-state index in [1.807, 2.05) is 13.0 Å². The highest BCUT2D eigenvalue weighted by molar-refractivity contribution is 5.91. The van der Waals surface area contributed by atoms with Gasteiger partial charge in [0.25, 0.3) is 0 Å². The minimum atomic E-state index is -0.577. The first-order chi connectivity index (χ1) is 20.4. The highest BCUT2D eigenvalue weighted by atomic mass is 19.1. The van der Waals surface area contributed by atoms with Gasteiger partial charge in [0.15, 0.2) is 11.5 Å². The van der Waals surface area contributed by atoms with Gasteiger partial charge in [-0.15, -0.1) is 0 Å². The molecule has 1 atom stereocenters. The Morgan fingerprint density at radius 1 is 0.976 bits per heavy atom. The van der Waals surface area contributed by atoms with Crippen molar-refractivity contribution in [2.24, 2.45) is 5.73 Å². The molecule has 1 aliphatic rings. The second-order valence-corrected chi connectivity index (χ2v) is 9.30. The number of benzene rings is 4. The molecule has 1 heterocycles. The Balaban J connectivity index is 1.44. The fourth-order valence-electron chi connectivity index (χ4n) is 4.59. The molecule has 2 N–H and O–H groups in total. The molecule has 4 aromatic rings. The van der Waals surface area contributed by atoms with E-state index in [1.54, 1.807) is 66.7 Å². The number of nitriles is 1. The average Bonchev–Trinajstić information content (AvgIpc) is 3.00. The number of fused-ring (bicyclic) bond motifs is 1. The Labute approximate surface area is 242 Å². The van der Waals surface area contributed by atoms with Gasteiger partial charge in [-0.2, -0.15) is 5.26 Å². The molecule has 0 fully saturated rings. The fraction of sp³-hybridized carbons (Fsp3) is 0.152. The molecular formula is C33H27FN2O6. The van der Waals surface area contributed by atoms with E-state index in [0.717, 1.165) is 11.1 Å². The molecule has 0 saturated carbocycles. The Morgan fingerprint density at radius 2 is 1.79 bits per heavy atom.